The van der Waals surface area contributed by atoms with Crippen LogP contribution in [0.1, 0.15) is 24.2 Å². The summed E-state index contributed by atoms with van der Waals surface area (Å²) >= 11 is 0. The molecule has 3 heteroatoms. The molecule has 1 heterocycles. The van der Waals surface area contributed by atoms with Gasteiger partial charge in [0.15, 0.2) is 0 Å². The molecular formula is C19H18N2O. The van der Waals surface area contributed by atoms with E-state index in [9.17, 15) is 4.79 Å². The molecule has 1 atom stereocenters. The van der Waals surface area contributed by atoms with Gasteiger partial charge in [-0.15, -0.1) is 0 Å². The van der Waals surface area contributed by atoms with E-state index in [0.717, 1.165) is 22.2 Å². The second-order valence-corrected chi connectivity index (χ2v) is 5.36. The minimum atomic E-state index is -0.0626. The predicted octanol–water partition coefficient (Wildman–Crippen LogP) is 3.65. The van der Waals surface area contributed by atoms with E-state index < -0.39 is 0 Å². The van der Waals surface area contributed by atoms with Crippen molar-refractivity contribution >= 4 is 16.8 Å². The first kappa shape index (κ1) is 14.3. The molecule has 0 saturated heterocycles. The van der Waals surface area contributed by atoms with E-state index in [1.54, 1.807) is 6.92 Å². The third-order valence-electron chi connectivity index (χ3n) is 3.65. The highest BCUT2D eigenvalue weighted by molar-refractivity contribution is 5.78. The van der Waals surface area contributed by atoms with E-state index in [1.807, 2.05) is 54.6 Å². The maximum absolute atomic E-state index is 11.5. The fourth-order valence-corrected chi connectivity index (χ4v) is 2.61. The van der Waals surface area contributed by atoms with Gasteiger partial charge in [-0.05, 0) is 17.7 Å². The summed E-state index contributed by atoms with van der Waals surface area (Å²) in [4.78, 5) is 16.2. The smallest absolute Gasteiger partial charge is 0.217 e. The van der Waals surface area contributed by atoms with E-state index in [1.165, 1.54) is 0 Å². The van der Waals surface area contributed by atoms with Gasteiger partial charge in [-0.3, -0.25) is 9.78 Å². The lowest BCUT2D eigenvalue weighted by molar-refractivity contribution is -0.119. The van der Waals surface area contributed by atoms with Crippen LogP contribution in [0.25, 0.3) is 10.9 Å². The number of rotatable bonds is 4. The van der Waals surface area contributed by atoms with Crippen LogP contribution in [0, 0.1) is 0 Å². The molecule has 0 aliphatic heterocycles. The molecule has 1 unspecified atom stereocenters. The molecule has 1 aromatic heterocycles. The quantitative estimate of drug-likeness (QED) is 0.797. The molecule has 2 aromatic carbocycles. The first-order chi connectivity index (χ1) is 10.7. The Labute approximate surface area is 130 Å². The van der Waals surface area contributed by atoms with E-state index in [0.29, 0.717) is 6.42 Å². The summed E-state index contributed by atoms with van der Waals surface area (Å²) in [7, 11) is 0. The van der Waals surface area contributed by atoms with Crippen molar-refractivity contribution in [2.75, 3.05) is 0 Å². The highest BCUT2D eigenvalue weighted by Crippen LogP contribution is 2.19. The second kappa shape index (κ2) is 6.39. The normalized spacial score (nSPS) is 12.0. The summed E-state index contributed by atoms with van der Waals surface area (Å²) in [5.41, 5.74) is 3.04. The number of fused-ring (bicyclic) bond motifs is 1. The number of carbonyl (C=O) groups is 1. The Morgan fingerprint density at radius 3 is 2.50 bits per heavy atom. The van der Waals surface area contributed by atoms with Crippen molar-refractivity contribution in [3.63, 3.8) is 0 Å². The summed E-state index contributed by atoms with van der Waals surface area (Å²) < 4.78 is 0. The van der Waals surface area contributed by atoms with Crippen LogP contribution >= 0.6 is 0 Å². The standard InChI is InChI=1S/C19H18N2O/c1-14(22)20-19(15-7-3-2-4-8-15)13-17-12-11-16-9-5-6-10-18(16)21-17/h2-12,19H,13H2,1H3,(H,20,22). The molecule has 3 aromatic rings. The van der Waals surface area contributed by atoms with Crippen molar-refractivity contribution in [2.45, 2.75) is 19.4 Å². The molecule has 0 spiro atoms. The van der Waals surface area contributed by atoms with Gasteiger partial charge in [0.2, 0.25) is 5.91 Å². The van der Waals surface area contributed by atoms with Crippen LogP contribution in [0.2, 0.25) is 0 Å². The number of nitrogens with one attached hydrogen (secondary N) is 1. The molecule has 0 saturated carbocycles. The Morgan fingerprint density at radius 1 is 1.00 bits per heavy atom. The minimum absolute atomic E-state index is 0.0327. The second-order valence-electron chi connectivity index (χ2n) is 5.36. The Bertz CT molecular complexity index is 784. The summed E-state index contributed by atoms with van der Waals surface area (Å²) in [5, 5.41) is 4.14. The topological polar surface area (TPSA) is 42.0 Å². The fourth-order valence-electron chi connectivity index (χ4n) is 2.61. The summed E-state index contributed by atoms with van der Waals surface area (Å²) in [5.74, 6) is -0.0327. The van der Waals surface area contributed by atoms with Crippen LogP contribution in [0.4, 0.5) is 0 Å². The molecule has 0 aliphatic carbocycles. The molecular weight excluding hydrogens is 272 g/mol. The molecule has 1 amide bonds. The highest BCUT2D eigenvalue weighted by Gasteiger charge is 2.14. The lowest BCUT2D eigenvalue weighted by atomic mass is 10.0. The van der Waals surface area contributed by atoms with E-state index in [2.05, 4.69) is 17.4 Å². The number of hydrogen-bond donors (Lipinski definition) is 1. The van der Waals surface area contributed by atoms with Gasteiger partial charge in [0.1, 0.15) is 0 Å². The van der Waals surface area contributed by atoms with Crippen molar-refractivity contribution in [3.8, 4) is 0 Å². The van der Waals surface area contributed by atoms with Crippen LogP contribution in [-0.2, 0) is 11.2 Å². The number of nitrogens with zero attached hydrogens (tertiary/aromatic N) is 1. The Kier molecular flexibility index (Phi) is 4.15. The molecule has 0 aliphatic rings. The molecule has 22 heavy (non-hydrogen) atoms. The Hall–Kier alpha value is -2.68. The van der Waals surface area contributed by atoms with E-state index in [4.69, 9.17) is 4.98 Å². The third-order valence-corrected chi connectivity index (χ3v) is 3.65. The van der Waals surface area contributed by atoms with Gasteiger partial charge in [-0.2, -0.15) is 0 Å². The van der Waals surface area contributed by atoms with Crippen molar-refractivity contribution in [1.82, 2.24) is 10.3 Å². The maximum Gasteiger partial charge on any atom is 0.217 e. The lowest BCUT2D eigenvalue weighted by Gasteiger charge is -2.18. The zero-order chi connectivity index (χ0) is 15.4. The largest absolute Gasteiger partial charge is 0.349 e. The van der Waals surface area contributed by atoms with Crippen molar-refractivity contribution in [2.24, 2.45) is 0 Å². The molecule has 110 valence electrons. The molecule has 3 rings (SSSR count). The summed E-state index contributed by atoms with van der Waals surface area (Å²) in [6.07, 6.45) is 0.675. The minimum Gasteiger partial charge on any atom is -0.349 e. The zero-order valence-electron chi connectivity index (χ0n) is 12.5. The van der Waals surface area contributed by atoms with Gasteiger partial charge in [-0.25, -0.2) is 0 Å². The lowest BCUT2D eigenvalue weighted by Crippen LogP contribution is -2.27. The monoisotopic (exact) mass is 290 g/mol. The van der Waals surface area contributed by atoms with Gasteiger partial charge in [0.25, 0.3) is 0 Å². The maximum atomic E-state index is 11.5. The van der Waals surface area contributed by atoms with Crippen LogP contribution in [0.15, 0.2) is 66.7 Å². The Morgan fingerprint density at radius 2 is 1.73 bits per heavy atom. The number of para-hydroxylation sites is 1. The average molecular weight is 290 g/mol. The third kappa shape index (κ3) is 3.31. The van der Waals surface area contributed by atoms with Crippen LogP contribution in [0.3, 0.4) is 0 Å². The molecule has 0 fully saturated rings. The van der Waals surface area contributed by atoms with Gasteiger partial charge < -0.3 is 5.32 Å². The highest BCUT2D eigenvalue weighted by atomic mass is 16.1. The predicted molar refractivity (Wildman–Crippen MR) is 88.4 cm³/mol. The van der Waals surface area contributed by atoms with Gasteiger partial charge >= 0.3 is 0 Å². The van der Waals surface area contributed by atoms with E-state index >= 15 is 0 Å². The average Bonchev–Trinajstić information content (AvgIpc) is 2.54. The number of carbonyl (C=O) groups excluding carboxylic acids is 1. The van der Waals surface area contributed by atoms with Crippen molar-refractivity contribution in [1.29, 1.82) is 0 Å². The fraction of sp³-hybridized carbons (Fsp3) is 0.158. The summed E-state index contributed by atoms with van der Waals surface area (Å²) in [6.45, 7) is 1.55. The van der Waals surface area contributed by atoms with Gasteiger partial charge in [0.05, 0.1) is 11.6 Å². The van der Waals surface area contributed by atoms with Crippen LogP contribution < -0.4 is 5.32 Å². The SMILES string of the molecule is CC(=O)NC(Cc1ccc2ccccc2n1)c1ccccc1. The number of amides is 1. The number of hydrogen-bond acceptors (Lipinski definition) is 2. The van der Waals surface area contributed by atoms with Gasteiger partial charge in [-0.1, -0.05) is 54.6 Å². The van der Waals surface area contributed by atoms with Gasteiger partial charge in [0, 0.05) is 24.4 Å². The number of pyridine rings is 1. The molecule has 0 bridgehead atoms. The van der Waals surface area contributed by atoms with Crippen molar-refractivity contribution in [3.05, 3.63) is 78.0 Å². The van der Waals surface area contributed by atoms with Crippen molar-refractivity contribution < 1.29 is 4.79 Å². The number of aromatic nitrogens is 1. The molecule has 3 nitrogen and oxygen atoms in total. The van der Waals surface area contributed by atoms with Crippen LogP contribution in [-0.4, -0.2) is 10.9 Å². The molecule has 1 N–H and O–H groups in total. The summed E-state index contributed by atoms with van der Waals surface area (Å²) in [6, 6.07) is 22.1. The first-order valence-corrected chi connectivity index (χ1v) is 7.39. The number of benzene rings is 2. The first-order valence-electron chi connectivity index (χ1n) is 7.39. The Balaban J connectivity index is 1.89. The molecule has 0 radical (unpaired) electrons. The zero-order valence-corrected chi connectivity index (χ0v) is 12.5. The van der Waals surface area contributed by atoms with E-state index in [-0.39, 0.29) is 11.9 Å². The van der Waals surface area contributed by atoms with Crippen LogP contribution in [0.5, 0.6) is 0 Å².